The van der Waals surface area contributed by atoms with E-state index >= 15 is 0 Å². The van der Waals surface area contributed by atoms with Crippen molar-refractivity contribution in [1.82, 2.24) is 15.5 Å². The molecule has 7 heteroatoms. The molecule has 27 heavy (non-hydrogen) atoms. The number of rotatable bonds is 7. The van der Waals surface area contributed by atoms with Crippen LogP contribution in [0.25, 0.3) is 0 Å². The Hall–Kier alpha value is -2.38. The van der Waals surface area contributed by atoms with Gasteiger partial charge in [-0.2, -0.15) is 0 Å². The van der Waals surface area contributed by atoms with Gasteiger partial charge in [0, 0.05) is 17.5 Å². The van der Waals surface area contributed by atoms with Crippen molar-refractivity contribution >= 4 is 23.3 Å². The Balaban J connectivity index is 1.46. The lowest BCUT2D eigenvalue weighted by Gasteiger charge is -2.24. The fourth-order valence-corrected chi connectivity index (χ4v) is 4.10. The van der Waals surface area contributed by atoms with Gasteiger partial charge < -0.3 is 10.1 Å². The Labute approximate surface area is 163 Å². The number of thiophene rings is 1. The van der Waals surface area contributed by atoms with Crippen LogP contribution in [0.3, 0.4) is 0 Å². The molecule has 1 aromatic carbocycles. The Morgan fingerprint density at radius 2 is 2.19 bits per heavy atom. The lowest BCUT2D eigenvalue weighted by Crippen LogP contribution is -2.44. The number of carbonyl (C=O) groups excluding carboxylic acids is 2. The van der Waals surface area contributed by atoms with E-state index in [-0.39, 0.29) is 18.5 Å². The second kappa shape index (κ2) is 9.53. The summed E-state index contributed by atoms with van der Waals surface area (Å²) in [6.45, 7) is 1.56. The molecular formula is C20H25N3O3S. The van der Waals surface area contributed by atoms with E-state index in [2.05, 4.69) is 21.6 Å². The van der Waals surface area contributed by atoms with Crippen LogP contribution in [-0.4, -0.2) is 43.6 Å². The minimum Gasteiger partial charge on any atom is -0.497 e. The van der Waals surface area contributed by atoms with Crippen LogP contribution in [0.5, 0.6) is 5.75 Å². The highest BCUT2D eigenvalue weighted by atomic mass is 32.1. The topological polar surface area (TPSA) is 70.7 Å². The van der Waals surface area contributed by atoms with E-state index in [1.165, 1.54) is 4.88 Å². The summed E-state index contributed by atoms with van der Waals surface area (Å²) in [5.41, 5.74) is 1.14. The average Bonchev–Trinajstić information content (AvgIpc) is 3.33. The van der Waals surface area contributed by atoms with E-state index in [0.717, 1.165) is 37.1 Å². The van der Waals surface area contributed by atoms with Crippen molar-refractivity contribution in [2.75, 3.05) is 26.7 Å². The van der Waals surface area contributed by atoms with Gasteiger partial charge in [0.2, 0.25) is 5.91 Å². The van der Waals surface area contributed by atoms with Crippen LogP contribution in [0.4, 0.5) is 4.79 Å². The van der Waals surface area contributed by atoms with Crippen molar-refractivity contribution in [3.63, 3.8) is 0 Å². The molecule has 2 heterocycles. The average molecular weight is 388 g/mol. The number of urea groups is 1. The van der Waals surface area contributed by atoms with Crippen molar-refractivity contribution < 1.29 is 14.3 Å². The highest BCUT2D eigenvalue weighted by Crippen LogP contribution is 2.32. The fraction of sp³-hybridized carbons (Fsp3) is 0.400. The normalized spacial score (nSPS) is 16.9. The fourth-order valence-electron chi connectivity index (χ4n) is 3.39. The molecule has 144 valence electrons. The first-order valence-electron chi connectivity index (χ1n) is 9.14. The molecule has 2 aromatic rings. The number of nitrogens with one attached hydrogen (secondary N) is 2. The minimum atomic E-state index is -0.436. The minimum absolute atomic E-state index is 0.174. The standard InChI is InChI=1S/C20H25N3O3S/c1-26-16-6-2-5-15(13-16)18-8-3-11-23(18)14-19(24)22-20(25)21-10-9-17-7-4-12-27-17/h2,4-7,12-13,18H,3,8-11,14H2,1H3,(H2,21,22,24,25). The third kappa shape index (κ3) is 5.55. The molecular weight excluding hydrogens is 362 g/mol. The molecule has 3 amide bonds. The van der Waals surface area contributed by atoms with Gasteiger partial charge in [-0.1, -0.05) is 18.2 Å². The monoisotopic (exact) mass is 387 g/mol. The van der Waals surface area contributed by atoms with Crippen LogP contribution >= 0.6 is 11.3 Å². The van der Waals surface area contributed by atoms with Crippen LogP contribution in [-0.2, 0) is 11.2 Å². The first-order chi connectivity index (χ1) is 13.2. The first kappa shape index (κ1) is 19.4. The summed E-state index contributed by atoms with van der Waals surface area (Å²) in [6, 6.07) is 11.7. The Morgan fingerprint density at radius 3 is 2.96 bits per heavy atom. The van der Waals surface area contributed by atoms with Gasteiger partial charge in [0.25, 0.3) is 0 Å². The molecule has 0 bridgehead atoms. The second-order valence-corrected chi connectivity index (χ2v) is 7.57. The molecule has 1 aromatic heterocycles. The quantitative estimate of drug-likeness (QED) is 0.766. The molecule has 0 spiro atoms. The molecule has 1 aliphatic heterocycles. The molecule has 0 radical (unpaired) electrons. The first-order valence-corrected chi connectivity index (χ1v) is 10.0. The highest BCUT2D eigenvalue weighted by molar-refractivity contribution is 7.09. The summed E-state index contributed by atoms with van der Waals surface area (Å²) in [5, 5.41) is 7.17. The number of ether oxygens (including phenoxy) is 1. The summed E-state index contributed by atoms with van der Waals surface area (Å²) < 4.78 is 5.30. The molecule has 3 rings (SSSR count). The number of carbonyl (C=O) groups is 2. The van der Waals surface area contributed by atoms with Crippen LogP contribution in [0, 0.1) is 0 Å². The van der Waals surface area contributed by atoms with Gasteiger partial charge in [-0.15, -0.1) is 11.3 Å². The van der Waals surface area contributed by atoms with E-state index in [4.69, 9.17) is 4.74 Å². The maximum absolute atomic E-state index is 12.3. The van der Waals surface area contributed by atoms with Gasteiger partial charge >= 0.3 is 6.03 Å². The van der Waals surface area contributed by atoms with Crippen molar-refractivity contribution in [2.24, 2.45) is 0 Å². The van der Waals surface area contributed by atoms with Gasteiger partial charge in [-0.3, -0.25) is 15.0 Å². The number of benzene rings is 1. The van der Waals surface area contributed by atoms with E-state index in [1.807, 2.05) is 35.7 Å². The number of amides is 3. The van der Waals surface area contributed by atoms with Gasteiger partial charge in [-0.05, 0) is 54.9 Å². The van der Waals surface area contributed by atoms with Crippen molar-refractivity contribution in [3.8, 4) is 5.75 Å². The predicted molar refractivity (Wildman–Crippen MR) is 106 cm³/mol. The molecule has 6 nitrogen and oxygen atoms in total. The number of likely N-dealkylation sites (tertiary alicyclic amines) is 1. The third-order valence-corrected chi connectivity index (χ3v) is 5.62. The van der Waals surface area contributed by atoms with Gasteiger partial charge in [0.05, 0.1) is 13.7 Å². The van der Waals surface area contributed by atoms with E-state index < -0.39 is 6.03 Å². The van der Waals surface area contributed by atoms with Crippen molar-refractivity contribution in [2.45, 2.75) is 25.3 Å². The number of hydrogen-bond donors (Lipinski definition) is 2. The van der Waals surface area contributed by atoms with Crippen LogP contribution in [0.2, 0.25) is 0 Å². The molecule has 2 N–H and O–H groups in total. The Bertz CT molecular complexity index is 764. The summed E-state index contributed by atoms with van der Waals surface area (Å²) in [7, 11) is 1.65. The zero-order chi connectivity index (χ0) is 19.1. The summed E-state index contributed by atoms with van der Waals surface area (Å²) in [6.07, 6.45) is 2.79. The van der Waals surface area contributed by atoms with Crippen LogP contribution in [0.15, 0.2) is 41.8 Å². The highest BCUT2D eigenvalue weighted by Gasteiger charge is 2.28. The third-order valence-electron chi connectivity index (χ3n) is 4.68. The van der Waals surface area contributed by atoms with Crippen LogP contribution < -0.4 is 15.4 Å². The smallest absolute Gasteiger partial charge is 0.321 e. The number of nitrogens with zero attached hydrogens (tertiary/aromatic N) is 1. The summed E-state index contributed by atoms with van der Waals surface area (Å²) in [5.74, 6) is 0.535. The Kier molecular flexibility index (Phi) is 6.84. The number of imide groups is 1. The zero-order valence-corrected chi connectivity index (χ0v) is 16.3. The van der Waals surface area contributed by atoms with E-state index in [1.54, 1.807) is 18.4 Å². The molecule has 0 aliphatic carbocycles. The summed E-state index contributed by atoms with van der Waals surface area (Å²) in [4.78, 5) is 27.5. The van der Waals surface area contributed by atoms with Crippen molar-refractivity contribution in [1.29, 1.82) is 0 Å². The number of hydrogen-bond acceptors (Lipinski definition) is 5. The van der Waals surface area contributed by atoms with Crippen molar-refractivity contribution in [3.05, 3.63) is 52.2 Å². The maximum atomic E-state index is 12.3. The zero-order valence-electron chi connectivity index (χ0n) is 15.4. The second-order valence-electron chi connectivity index (χ2n) is 6.54. The molecule has 1 unspecified atom stereocenters. The largest absolute Gasteiger partial charge is 0.497 e. The molecule has 0 saturated carbocycles. The van der Waals surface area contributed by atoms with E-state index in [0.29, 0.717) is 6.54 Å². The SMILES string of the molecule is COc1cccc(C2CCCN2CC(=O)NC(=O)NCCc2cccs2)c1. The predicted octanol–water partition coefficient (Wildman–Crippen LogP) is 2.96. The molecule has 1 aliphatic rings. The lowest BCUT2D eigenvalue weighted by molar-refractivity contribution is -0.121. The lowest BCUT2D eigenvalue weighted by atomic mass is 10.0. The Morgan fingerprint density at radius 1 is 1.30 bits per heavy atom. The molecule has 1 fully saturated rings. The summed E-state index contributed by atoms with van der Waals surface area (Å²) >= 11 is 1.66. The van der Waals surface area contributed by atoms with Gasteiger partial charge in [0.15, 0.2) is 0 Å². The molecule has 1 saturated heterocycles. The van der Waals surface area contributed by atoms with Crippen LogP contribution in [0.1, 0.15) is 29.3 Å². The maximum Gasteiger partial charge on any atom is 0.321 e. The van der Waals surface area contributed by atoms with E-state index in [9.17, 15) is 9.59 Å². The van der Waals surface area contributed by atoms with Gasteiger partial charge in [-0.25, -0.2) is 4.79 Å². The van der Waals surface area contributed by atoms with Gasteiger partial charge in [0.1, 0.15) is 5.75 Å². The number of methoxy groups -OCH3 is 1. The molecule has 1 atom stereocenters.